The van der Waals surface area contributed by atoms with Crippen molar-refractivity contribution in [3.05, 3.63) is 20.8 Å². The van der Waals surface area contributed by atoms with Gasteiger partial charge in [-0.05, 0) is 34.8 Å². The first-order valence-electron chi connectivity index (χ1n) is 4.48. The summed E-state index contributed by atoms with van der Waals surface area (Å²) in [6.07, 6.45) is 1.60. The van der Waals surface area contributed by atoms with E-state index in [1.807, 2.05) is 12.3 Å². The zero-order valence-corrected chi connectivity index (χ0v) is 10.7. The van der Waals surface area contributed by atoms with E-state index in [1.54, 1.807) is 11.3 Å². The van der Waals surface area contributed by atoms with Crippen molar-refractivity contribution in [2.24, 2.45) is 5.92 Å². The van der Waals surface area contributed by atoms with Gasteiger partial charge in [0.15, 0.2) is 0 Å². The quantitative estimate of drug-likeness (QED) is 0.790. The number of hydrogen-bond donors (Lipinski definition) is 0. The molecule has 0 aromatic carbocycles. The number of thiophene rings is 1. The smallest absolute Gasteiger partial charge is 0.309 e. The van der Waals surface area contributed by atoms with Crippen molar-refractivity contribution in [2.75, 3.05) is 7.11 Å². The molecule has 0 saturated carbocycles. The standard InChI is InChI=1S/C10H13BrO2S/c1-3-7(10(12)13-2)4-9-5-8(11)6-14-9/h5-7H,3-4H2,1-2H3. The van der Waals surface area contributed by atoms with E-state index in [4.69, 9.17) is 4.74 Å². The third-order valence-electron chi connectivity index (χ3n) is 2.10. The van der Waals surface area contributed by atoms with Crippen molar-refractivity contribution in [3.8, 4) is 0 Å². The topological polar surface area (TPSA) is 26.3 Å². The van der Waals surface area contributed by atoms with Crippen molar-refractivity contribution in [1.29, 1.82) is 0 Å². The van der Waals surface area contributed by atoms with E-state index in [2.05, 4.69) is 22.0 Å². The number of carbonyl (C=O) groups excluding carboxylic acids is 1. The van der Waals surface area contributed by atoms with Gasteiger partial charge < -0.3 is 4.74 Å². The van der Waals surface area contributed by atoms with E-state index in [0.717, 1.165) is 17.3 Å². The Kier molecular flexibility index (Phi) is 4.62. The Balaban J connectivity index is 2.61. The minimum Gasteiger partial charge on any atom is -0.469 e. The lowest BCUT2D eigenvalue weighted by Gasteiger charge is -2.10. The normalized spacial score (nSPS) is 12.5. The molecule has 1 aromatic rings. The molecule has 0 aliphatic carbocycles. The zero-order chi connectivity index (χ0) is 10.6. The molecule has 78 valence electrons. The van der Waals surface area contributed by atoms with Gasteiger partial charge in [0.1, 0.15) is 0 Å². The largest absolute Gasteiger partial charge is 0.469 e. The Morgan fingerprint density at radius 2 is 2.43 bits per heavy atom. The molecule has 0 spiro atoms. The zero-order valence-electron chi connectivity index (χ0n) is 8.25. The molecule has 0 aliphatic rings. The van der Waals surface area contributed by atoms with E-state index in [-0.39, 0.29) is 11.9 Å². The lowest BCUT2D eigenvalue weighted by Crippen LogP contribution is -2.17. The Morgan fingerprint density at radius 3 is 2.86 bits per heavy atom. The molecule has 14 heavy (non-hydrogen) atoms. The van der Waals surface area contributed by atoms with Crippen LogP contribution >= 0.6 is 27.3 Å². The van der Waals surface area contributed by atoms with Gasteiger partial charge in [-0.15, -0.1) is 11.3 Å². The van der Waals surface area contributed by atoms with Gasteiger partial charge in [-0.3, -0.25) is 4.79 Å². The average Bonchev–Trinajstić information content (AvgIpc) is 2.59. The minimum atomic E-state index is -0.114. The first kappa shape index (κ1) is 11.7. The molecule has 1 heterocycles. The summed E-state index contributed by atoms with van der Waals surface area (Å²) in [6.45, 7) is 2.00. The maximum absolute atomic E-state index is 11.3. The second-order valence-corrected chi connectivity index (χ2v) is 4.98. The summed E-state index contributed by atoms with van der Waals surface area (Å²) in [4.78, 5) is 12.5. The van der Waals surface area contributed by atoms with E-state index in [1.165, 1.54) is 12.0 Å². The van der Waals surface area contributed by atoms with Crippen LogP contribution in [-0.2, 0) is 16.0 Å². The van der Waals surface area contributed by atoms with Crippen molar-refractivity contribution >= 4 is 33.2 Å². The molecule has 0 amide bonds. The molecule has 0 N–H and O–H groups in total. The van der Waals surface area contributed by atoms with Crippen LogP contribution in [0.25, 0.3) is 0 Å². The summed E-state index contributed by atoms with van der Waals surface area (Å²) in [5.41, 5.74) is 0. The fourth-order valence-electron chi connectivity index (χ4n) is 1.26. The second-order valence-electron chi connectivity index (χ2n) is 3.06. The predicted molar refractivity (Wildman–Crippen MR) is 61.5 cm³/mol. The molecular weight excluding hydrogens is 264 g/mol. The molecule has 1 aromatic heterocycles. The van der Waals surface area contributed by atoms with Crippen LogP contribution < -0.4 is 0 Å². The van der Waals surface area contributed by atoms with Crippen LogP contribution in [0.15, 0.2) is 15.9 Å². The fourth-order valence-corrected chi connectivity index (χ4v) is 2.80. The molecule has 0 aliphatic heterocycles. The van der Waals surface area contributed by atoms with E-state index >= 15 is 0 Å². The van der Waals surface area contributed by atoms with Crippen molar-refractivity contribution in [2.45, 2.75) is 19.8 Å². The molecular formula is C10H13BrO2S. The van der Waals surface area contributed by atoms with Crippen LogP contribution in [0.4, 0.5) is 0 Å². The summed E-state index contributed by atoms with van der Waals surface area (Å²) in [5.74, 6) is -0.123. The monoisotopic (exact) mass is 276 g/mol. The first-order valence-corrected chi connectivity index (χ1v) is 6.15. The maximum Gasteiger partial charge on any atom is 0.309 e. The van der Waals surface area contributed by atoms with Gasteiger partial charge in [-0.25, -0.2) is 0 Å². The summed E-state index contributed by atoms with van der Waals surface area (Å²) in [6, 6.07) is 2.05. The van der Waals surface area contributed by atoms with Gasteiger partial charge >= 0.3 is 5.97 Å². The Morgan fingerprint density at radius 1 is 1.71 bits per heavy atom. The number of rotatable bonds is 4. The third-order valence-corrected chi connectivity index (χ3v) is 3.82. The van der Waals surface area contributed by atoms with Gasteiger partial charge in [0.25, 0.3) is 0 Å². The molecule has 0 saturated heterocycles. The van der Waals surface area contributed by atoms with Crippen LogP contribution in [0.5, 0.6) is 0 Å². The van der Waals surface area contributed by atoms with Gasteiger partial charge in [0.2, 0.25) is 0 Å². The molecule has 1 unspecified atom stereocenters. The van der Waals surface area contributed by atoms with E-state index in [9.17, 15) is 4.79 Å². The minimum absolute atomic E-state index is 0.00875. The van der Waals surface area contributed by atoms with Crippen molar-refractivity contribution < 1.29 is 9.53 Å². The number of methoxy groups -OCH3 is 1. The summed E-state index contributed by atoms with van der Waals surface area (Å²) in [7, 11) is 1.44. The van der Waals surface area contributed by atoms with Crippen molar-refractivity contribution in [3.63, 3.8) is 0 Å². The van der Waals surface area contributed by atoms with E-state index in [0.29, 0.717) is 0 Å². The third kappa shape index (κ3) is 3.10. The highest BCUT2D eigenvalue weighted by atomic mass is 79.9. The summed E-state index contributed by atoms with van der Waals surface area (Å²) < 4.78 is 5.82. The van der Waals surface area contributed by atoms with Gasteiger partial charge in [-0.1, -0.05) is 6.92 Å². The highest BCUT2D eigenvalue weighted by Gasteiger charge is 2.17. The lowest BCUT2D eigenvalue weighted by molar-refractivity contribution is -0.145. The average molecular weight is 277 g/mol. The molecule has 1 rings (SSSR count). The van der Waals surface area contributed by atoms with Gasteiger partial charge in [0.05, 0.1) is 13.0 Å². The number of esters is 1. The van der Waals surface area contributed by atoms with Crippen molar-refractivity contribution in [1.82, 2.24) is 0 Å². The molecule has 1 atom stereocenters. The Hall–Kier alpha value is -0.350. The van der Waals surface area contributed by atoms with Gasteiger partial charge in [0, 0.05) is 14.7 Å². The number of halogens is 1. The number of hydrogen-bond acceptors (Lipinski definition) is 3. The summed E-state index contributed by atoms with van der Waals surface area (Å²) in [5, 5.41) is 2.03. The van der Waals surface area contributed by atoms with Crippen LogP contribution in [0.1, 0.15) is 18.2 Å². The van der Waals surface area contributed by atoms with Gasteiger partial charge in [-0.2, -0.15) is 0 Å². The Labute approximate surface area is 96.4 Å². The first-order chi connectivity index (χ1) is 6.67. The molecule has 0 radical (unpaired) electrons. The number of ether oxygens (including phenoxy) is 1. The molecule has 4 heteroatoms. The molecule has 0 bridgehead atoms. The highest BCUT2D eigenvalue weighted by Crippen LogP contribution is 2.23. The molecule has 0 fully saturated rings. The fraction of sp³-hybridized carbons (Fsp3) is 0.500. The highest BCUT2D eigenvalue weighted by molar-refractivity contribution is 9.10. The van der Waals surface area contributed by atoms with Crippen LogP contribution in [-0.4, -0.2) is 13.1 Å². The second kappa shape index (κ2) is 5.51. The molecule has 2 nitrogen and oxygen atoms in total. The van der Waals surface area contributed by atoms with Crippen LogP contribution in [0, 0.1) is 5.92 Å². The SMILES string of the molecule is CCC(Cc1cc(Br)cs1)C(=O)OC. The maximum atomic E-state index is 11.3. The lowest BCUT2D eigenvalue weighted by atomic mass is 10.0. The van der Waals surface area contributed by atoms with E-state index < -0.39 is 0 Å². The number of carbonyl (C=O) groups is 1. The van der Waals surface area contributed by atoms with Crippen LogP contribution in [0.3, 0.4) is 0 Å². The predicted octanol–water partition coefficient (Wildman–Crippen LogP) is 3.25. The van der Waals surface area contributed by atoms with Crippen LogP contribution in [0.2, 0.25) is 0 Å². The summed E-state index contributed by atoms with van der Waals surface area (Å²) >= 11 is 5.06. The Bertz CT molecular complexity index is 309.